The Morgan fingerprint density at radius 1 is 0.886 bits per heavy atom. The highest BCUT2D eigenvalue weighted by atomic mass is 15.3. The monoisotopic (exact) mass is 464 g/mol. The van der Waals surface area contributed by atoms with Gasteiger partial charge >= 0.3 is 0 Å². The Balaban J connectivity index is 1.31. The van der Waals surface area contributed by atoms with Gasteiger partial charge in [0.25, 0.3) is 0 Å². The molecule has 4 heterocycles. The molecule has 0 bridgehead atoms. The lowest BCUT2D eigenvalue weighted by atomic mass is 10.0. The van der Waals surface area contributed by atoms with Gasteiger partial charge in [0.2, 0.25) is 5.95 Å². The average molecular weight is 465 g/mol. The van der Waals surface area contributed by atoms with Gasteiger partial charge in [0.05, 0.1) is 16.7 Å². The van der Waals surface area contributed by atoms with Crippen LogP contribution in [0.3, 0.4) is 0 Å². The summed E-state index contributed by atoms with van der Waals surface area (Å²) < 4.78 is 1.98. The maximum Gasteiger partial charge on any atom is 0.227 e. The lowest BCUT2D eigenvalue weighted by Gasteiger charge is -2.18. The van der Waals surface area contributed by atoms with E-state index >= 15 is 0 Å². The van der Waals surface area contributed by atoms with Gasteiger partial charge in [-0.25, -0.2) is 19.9 Å². The van der Waals surface area contributed by atoms with Gasteiger partial charge in [-0.2, -0.15) is 5.10 Å². The Hall–Kier alpha value is -4.07. The molecule has 176 valence electrons. The molecule has 0 atom stereocenters. The Labute approximate surface area is 204 Å². The first-order chi connectivity index (χ1) is 17.1. The van der Waals surface area contributed by atoms with Crippen LogP contribution in [0.2, 0.25) is 0 Å². The van der Waals surface area contributed by atoms with Crippen molar-refractivity contribution in [3.63, 3.8) is 0 Å². The summed E-state index contributed by atoms with van der Waals surface area (Å²) in [5.41, 5.74) is 5.93. The van der Waals surface area contributed by atoms with Crippen LogP contribution in [0.25, 0.3) is 33.1 Å². The van der Waals surface area contributed by atoms with Crippen LogP contribution in [-0.4, -0.2) is 42.8 Å². The maximum absolute atomic E-state index is 4.80. The molecule has 1 aliphatic heterocycles. The third-order valence-electron chi connectivity index (χ3n) is 6.65. The van der Waals surface area contributed by atoms with Crippen molar-refractivity contribution in [3.05, 3.63) is 60.7 Å². The minimum absolute atomic E-state index is 0.380. The van der Waals surface area contributed by atoms with Crippen molar-refractivity contribution in [2.45, 2.75) is 32.6 Å². The van der Waals surface area contributed by atoms with E-state index < -0.39 is 0 Å². The van der Waals surface area contributed by atoms with Crippen molar-refractivity contribution in [1.29, 1.82) is 0 Å². The SMILES string of the molecule is CC(C)c1c2cc(-c3ccnc(Nc4ccc5c(N6CCCC6)ncnc5c4)n3)ccc2nn1C. The van der Waals surface area contributed by atoms with E-state index in [1.165, 1.54) is 18.5 Å². The summed E-state index contributed by atoms with van der Waals surface area (Å²) in [6, 6.07) is 14.4. The van der Waals surface area contributed by atoms with Gasteiger partial charge in [-0.05, 0) is 55.2 Å². The summed E-state index contributed by atoms with van der Waals surface area (Å²) in [6.07, 6.45) is 5.86. The van der Waals surface area contributed by atoms with E-state index in [0.717, 1.165) is 57.7 Å². The number of aryl methyl sites for hydroxylation is 1. The highest BCUT2D eigenvalue weighted by molar-refractivity contribution is 5.92. The van der Waals surface area contributed by atoms with Crippen LogP contribution in [0.5, 0.6) is 0 Å². The van der Waals surface area contributed by atoms with E-state index in [1.54, 1.807) is 12.5 Å². The molecule has 0 aliphatic carbocycles. The minimum atomic E-state index is 0.380. The fourth-order valence-corrected chi connectivity index (χ4v) is 5.07. The molecule has 35 heavy (non-hydrogen) atoms. The molecule has 2 aromatic carbocycles. The number of hydrogen-bond acceptors (Lipinski definition) is 7. The lowest BCUT2D eigenvalue weighted by Crippen LogP contribution is -2.19. The number of rotatable bonds is 5. The highest BCUT2D eigenvalue weighted by Crippen LogP contribution is 2.31. The number of aromatic nitrogens is 6. The third-order valence-corrected chi connectivity index (χ3v) is 6.65. The smallest absolute Gasteiger partial charge is 0.227 e. The predicted molar refractivity (Wildman–Crippen MR) is 140 cm³/mol. The van der Waals surface area contributed by atoms with Crippen molar-refractivity contribution >= 4 is 39.3 Å². The normalized spacial score (nSPS) is 13.9. The molecular formula is C27H28N8. The van der Waals surface area contributed by atoms with Crippen LogP contribution in [0, 0.1) is 0 Å². The molecule has 0 amide bonds. The number of nitrogens with one attached hydrogen (secondary N) is 1. The van der Waals surface area contributed by atoms with Crippen molar-refractivity contribution in [2.75, 3.05) is 23.3 Å². The van der Waals surface area contributed by atoms with Crippen LogP contribution >= 0.6 is 0 Å². The molecule has 1 aliphatic rings. The topological polar surface area (TPSA) is 84.7 Å². The van der Waals surface area contributed by atoms with Gasteiger partial charge in [-0.3, -0.25) is 4.68 Å². The Kier molecular flexibility index (Phi) is 5.28. The summed E-state index contributed by atoms with van der Waals surface area (Å²) in [5.74, 6) is 1.94. The molecule has 0 radical (unpaired) electrons. The molecule has 8 heteroatoms. The summed E-state index contributed by atoms with van der Waals surface area (Å²) >= 11 is 0. The van der Waals surface area contributed by atoms with E-state index in [4.69, 9.17) is 4.98 Å². The van der Waals surface area contributed by atoms with Gasteiger partial charge in [0.15, 0.2) is 0 Å². The van der Waals surface area contributed by atoms with Crippen LogP contribution in [0.15, 0.2) is 55.0 Å². The molecule has 3 aromatic heterocycles. The van der Waals surface area contributed by atoms with Gasteiger partial charge < -0.3 is 10.2 Å². The molecule has 0 unspecified atom stereocenters. The maximum atomic E-state index is 4.80. The van der Waals surface area contributed by atoms with Crippen LogP contribution < -0.4 is 10.2 Å². The zero-order valence-electron chi connectivity index (χ0n) is 20.2. The largest absolute Gasteiger partial charge is 0.356 e. The quantitative estimate of drug-likeness (QED) is 0.371. The summed E-state index contributed by atoms with van der Waals surface area (Å²) in [5, 5.41) is 10.2. The number of anilines is 3. The highest BCUT2D eigenvalue weighted by Gasteiger charge is 2.17. The van der Waals surface area contributed by atoms with Crippen molar-refractivity contribution < 1.29 is 0 Å². The fourth-order valence-electron chi connectivity index (χ4n) is 5.07. The second-order valence-electron chi connectivity index (χ2n) is 9.41. The number of benzene rings is 2. The Morgan fingerprint density at radius 2 is 1.74 bits per heavy atom. The third kappa shape index (κ3) is 3.95. The minimum Gasteiger partial charge on any atom is -0.356 e. The molecule has 8 nitrogen and oxygen atoms in total. The van der Waals surface area contributed by atoms with Crippen molar-refractivity contribution in [3.8, 4) is 11.3 Å². The van der Waals surface area contributed by atoms with E-state index in [-0.39, 0.29) is 0 Å². The molecule has 0 spiro atoms. The average Bonchev–Trinajstić information content (AvgIpc) is 3.50. The zero-order valence-corrected chi connectivity index (χ0v) is 20.2. The molecule has 1 fully saturated rings. The van der Waals surface area contributed by atoms with Gasteiger partial charge in [0, 0.05) is 54.1 Å². The van der Waals surface area contributed by atoms with Crippen molar-refractivity contribution in [2.24, 2.45) is 7.05 Å². The second-order valence-corrected chi connectivity index (χ2v) is 9.41. The van der Waals surface area contributed by atoms with Gasteiger partial charge in [-0.1, -0.05) is 19.9 Å². The van der Waals surface area contributed by atoms with Gasteiger partial charge in [0.1, 0.15) is 12.1 Å². The number of nitrogens with zero attached hydrogens (tertiary/aromatic N) is 7. The molecule has 0 saturated carbocycles. The van der Waals surface area contributed by atoms with Crippen LogP contribution in [0.4, 0.5) is 17.5 Å². The van der Waals surface area contributed by atoms with Crippen molar-refractivity contribution in [1.82, 2.24) is 29.7 Å². The Bertz CT molecular complexity index is 1530. The summed E-state index contributed by atoms with van der Waals surface area (Å²) in [6.45, 7) is 6.49. The van der Waals surface area contributed by atoms with E-state index in [9.17, 15) is 0 Å². The molecule has 6 rings (SSSR count). The first-order valence-electron chi connectivity index (χ1n) is 12.1. The van der Waals surface area contributed by atoms with Gasteiger partial charge in [-0.15, -0.1) is 0 Å². The van der Waals surface area contributed by atoms with E-state index in [0.29, 0.717) is 11.9 Å². The van der Waals surface area contributed by atoms with Crippen LogP contribution in [-0.2, 0) is 7.05 Å². The first kappa shape index (κ1) is 21.5. The predicted octanol–water partition coefficient (Wildman–Crippen LogP) is 5.44. The van der Waals surface area contributed by atoms with E-state index in [2.05, 4.69) is 68.4 Å². The fraction of sp³-hybridized carbons (Fsp3) is 0.296. The van der Waals surface area contributed by atoms with E-state index in [1.807, 2.05) is 29.9 Å². The first-order valence-corrected chi connectivity index (χ1v) is 12.1. The molecule has 1 N–H and O–H groups in total. The molecular weight excluding hydrogens is 436 g/mol. The summed E-state index contributed by atoms with van der Waals surface area (Å²) in [4.78, 5) is 20.6. The molecule has 1 saturated heterocycles. The number of hydrogen-bond donors (Lipinski definition) is 1. The number of fused-ring (bicyclic) bond motifs is 2. The Morgan fingerprint density at radius 3 is 2.57 bits per heavy atom. The van der Waals surface area contributed by atoms with Crippen LogP contribution in [0.1, 0.15) is 38.3 Å². The lowest BCUT2D eigenvalue weighted by molar-refractivity contribution is 0.677. The zero-order chi connectivity index (χ0) is 23.9. The second kappa shape index (κ2) is 8.61. The molecule has 5 aromatic rings. The standard InChI is InChI=1S/C27H28N8/c1-17(2)25-21-14-18(6-9-23(21)33-34(25)3)22-10-11-28-27(32-22)31-19-7-8-20-24(15-19)29-16-30-26(20)35-12-4-5-13-35/h6-11,14-17H,4-5,12-13H2,1-3H3,(H,28,31,32). The summed E-state index contributed by atoms with van der Waals surface area (Å²) in [7, 11) is 2.00.